The quantitative estimate of drug-likeness (QED) is 0.876. The number of carbonyl (C=O) groups is 1. The largest absolute Gasteiger partial charge is 0.387 e. The van der Waals surface area contributed by atoms with Gasteiger partial charge in [-0.15, -0.1) is 0 Å². The van der Waals surface area contributed by atoms with Crippen LogP contribution in [-0.2, 0) is 11.3 Å². The van der Waals surface area contributed by atoms with Crippen molar-refractivity contribution in [3.63, 3.8) is 0 Å². The highest BCUT2D eigenvalue weighted by molar-refractivity contribution is 6.31. The average Bonchev–Trinajstić information content (AvgIpc) is 2.48. The molecule has 21 heavy (non-hydrogen) atoms. The number of carbonyl (C=O) groups excluding carboxylic acids is 1. The van der Waals surface area contributed by atoms with E-state index in [-0.39, 0.29) is 24.6 Å². The van der Waals surface area contributed by atoms with E-state index in [9.17, 15) is 14.7 Å². The molecule has 5 nitrogen and oxygen atoms in total. The molecule has 110 valence electrons. The molecule has 1 amide bonds. The first kappa shape index (κ1) is 15.3. The molecular formula is C15H15ClN2O3. The van der Waals surface area contributed by atoms with Gasteiger partial charge in [0.1, 0.15) is 6.54 Å². The predicted molar refractivity (Wildman–Crippen MR) is 80.1 cm³/mol. The summed E-state index contributed by atoms with van der Waals surface area (Å²) >= 11 is 5.97. The fraction of sp³-hybridized carbons (Fsp3) is 0.200. The number of benzene rings is 1. The molecule has 1 heterocycles. The van der Waals surface area contributed by atoms with Gasteiger partial charge in [-0.05, 0) is 12.1 Å². The summed E-state index contributed by atoms with van der Waals surface area (Å²) in [5.74, 6) is -0.352. The van der Waals surface area contributed by atoms with Crippen LogP contribution < -0.4 is 10.9 Å². The number of aliphatic hydroxyl groups excluding tert-OH is 1. The van der Waals surface area contributed by atoms with Crippen LogP contribution in [0.5, 0.6) is 0 Å². The van der Waals surface area contributed by atoms with Crippen LogP contribution in [0.3, 0.4) is 0 Å². The summed E-state index contributed by atoms with van der Waals surface area (Å²) in [6, 6.07) is 11.6. The second kappa shape index (κ2) is 7.06. The molecular weight excluding hydrogens is 292 g/mol. The van der Waals surface area contributed by atoms with Crippen LogP contribution in [-0.4, -0.2) is 22.1 Å². The number of halogens is 1. The van der Waals surface area contributed by atoms with Gasteiger partial charge >= 0.3 is 0 Å². The van der Waals surface area contributed by atoms with E-state index in [1.165, 1.54) is 16.8 Å². The average molecular weight is 307 g/mol. The molecule has 1 unspecified atom stereocenters. The molecule has 0 saturated heterocycles. The lowest BCUT2D eigenvalue weighted by molar-refractivity contribution is -0.122. The van der Waals surface area contributed by atoms with Crippen molar-refractivity contribution in [2.45, 2.75) is 12.6 Å². The van der Waals surface area contributed by atoms with Crippen molar-refractivity contribution in [3.8, 4) is 0 Å². The molecule has 0 fully saturated rings. The fourth-order valence-corrected chi connectivity index (χ4v) is 2.13. The Kier molecular flexibility index (Phi) is 5.14. The van der Waals surface area contributed by atoms with Crippen LogP contribution in [0.25, 0.3) is 0 Å². The summed E-state index contributed by atoms with van der Waals surface area (Å²) in [5.41, 5.74) is 0.302. The van der Waals surface area contributed by atoms with Gasteiger partial charge in [0.15, 0.2) is 0 Å². The summed E-state index contributed by atoms with van der Waals surface area (Å²) in [7, 11) is 0. The normalized spacial score (nSPS) is 11.9. The van der Waals surface area contributed by atoms with Crippen LogP contribution in [0, 0.1) is 0 Å². The third-order valence-corrected chi connectivity index (χ3v) is 3.31. The van der Waals surface area contributed by atoms with Crippen molar-refractivity contribution < 1.29 is 9.90 Å². The van der Waals surface area contributed by atoms with Crippen molar-refractivity contribution in [1.82, 2.24) is 9.88 Å². The van der Waals surface area contributed by atoms with Gasteiger partial charge < -0.3 is 15.0 Å². The van der Waals surface area contributed by atoms with Gasteiger partial charge in [-0.3, -0.25) is 9.59 Å². The van der Waals surface area contributed by atoms with Gasteiger partial charge in [-0.2, -0.15) is 0 Å². The zero-order valence-electron chi connectivity index (χ0n) is 11.2. The maximum absolute atomic E-state index is 11.8. The van der Waals surface area contributed by atoms with Crippen molar-refractivity contribution in [1.29, 1.82) is 0 Å². The topological polar surface area (TPSA) is 71.3 Å². The van der Waals surface area contributed by atoms with E-state index in [0.29, 0.717) is 10.6 Å². The maximum atomic E-state index is 11.8. The molecule has 1 aromatic carbocycles. The van der Waals surface area contributed by atoms with Crippen LogP contribution >= 0.6 is 11.6 Å². The zero-order valence-corrected chi connectivity index (χ0v) is 12.0. The number of nitrogens with zero attached hydrogens (tertiary/aromatic N) is 1. The Labute approximate surface area is 126 Å². The minimum atomic E-state index is -0.893. The first-order valence-electron chi connectivity index (χ1n) is 6.42. The number of amides is 1. The highest BCUT2D eigenvalue weighted by Gasteiger charge is 2.12. The number of rotatable bonds is 5. The lowest BCUT2D eigenvalue weighted by Gasteiger charge is -2.14. The van der Waals surface area contributed by atoms with Gasteiger partial charge in [-0.1, -0.05) is 35.9 Å². The number of aliphatic hydroxyl groups is 1. The third-order valence-electron chi connectivity index (χ3n) is 2.97. The van der Waals surface area contributed by atoms with Crippen molar-refractivity contribution >= 4 is 17.5 Å². The Balaban J connectivity index is 1.91. The van der Waals surface area contributed by atoms with E-state index in [2.05, 4.69) is 5.32 Å². The Morgan fingerprint density at radius 1 is 1.24 bits per heavy atom. The summed E-state index contributed by atoms with van der Waals surface area (Å²) in [6.45, 7) is -0.0565. The molecule has 1 atom stereocenters. The highest BCUT2D eigenvalue weighted by atomic mass is 35.5. The standard InChI is InChI=1S/C15H15ClN2O3/c16-12-6-2-1-5-11(12)13(19)9-17-14(20)10-18-8-4-3-7-15(18)21/h1-8,13,19H,9-10H2,(H,17,20). The van der Waals surface area contributed by atoms with Gasteiger partial charge in [-0.25, -0.2) is 0 Å². The smallest absolute Gasteiger partial charge is 0.250 e. The van der Waals surface area contributed by atoms with E-state index in [1.807, 2.05) is 0 Å². The number of nitrogens with one attached hydrogen (secondary N) is 1. The first-order valence-corrected chi connectivity index (χ1v) is 6.80. The monoisotopic (exact) mass is 306 g/mol. The Bertz CT molecular complexity index is 684. The molecule has 2 rings (SSSR count). The summed E-state index contributed by atoms with van der Waals surface area (Å²) in [5, 5.41) is 13.0. The number of hydrogen-bond acceptors (Lipinski definition) is 3. The number of aromatic nitrogens is 1. The number of hydrogen-bond donors (Lipinski definition) is 2. The van der Waals surface area contributed by atoms with Crippen molar-refractivity contribution in [3.05, 3.63) is 69.6 Å². The maximum Gasteiger partial charge on any atom is 0.250 e. The first-order chi connectivity index (χ1) is 10.1. The minimum Gasteiger partial charge on any atom is -0.387 e. The van der Waals surface area contributed by atoms with Gasteiger partial charge in [0.2, 0.25) is 5.91 Å². The molecule has 2 N–H and O–H groups in total. The molecule has 0 aliphatic heterocycles. The molecule has 2 aromatic rings. The fourth-order valence-electron chi connectivity index (χ4n) is 1.87. The van der Waals surface area contributed by atoms with Crippen LogP contribution in [0.4, 0.5) is 0 Å². The molecule has 0 saturated carbocycles. The Morgan fingerprint density at radius 2 is 1.95 bits per heavy atom. The van der Waals surface area contributed by atoms with Crippen molar-refractivity contribution in [2.24, 2.45) is 0 Å². The Morgan fingerprint density at radius 3 is 2.67 bits per heavy atom. The van der Waals surface area contributed by atoms with Gasteiger partial charge in [0.05, 0.1) is 6.10 Å². The van der Waals surface area contributed by atoms with Crippen LogP contribution in [0.15, 0.2) is 53.5 Å². The van der Waals surface area contributed by atoms with E-state index in [4.69, 9.17) is 11.6 Å². The Hall–Kier alpha value is -2.11. The second-order valence-corrected chi connectivity index (χ2v) is 4.92. The third kappa shape index (κ3) is 4.18. The minimum absolute atomic E-state index is 0.0319. The van der Waals surface area contributed by atoms with E-state index in [1.54, 1.807) is 36.4 Å². The van der Waals surface area contributed by atoms with Crippen LogP contribution in [0.2, 0.25) is 5.02 Å². The van der Waals surface area contributed by atoms with Crippen molar-refractivity contribution in [2.75, 3.05) is 6.54 Å². The molecule has 6 heteroatoms. The van der Waals surface area contributed by atoms with Crippen LogP contribution in [0.1, 0.15) is 11.7 Å². The SMILES string of the molecule is O=C(Cn1ccccc1=O)NCC(O)c1ccccc1Cl. The van der Waals surface area contributed by atoms with Gasteiger partial charge in [0, 0.05) is 29.4 Å². The molecule has 0 aliphatic carbocycles. The summed E-state index contributed by atoms with van der Waals surface area (Å²) < 4.78 is 1.29. The lowest BCUT2D eigenvalue weighted by atomic mass is 10.1. The second-order valence-electron chi connectivity index (χ2n) is 4.51. The highest BCUT2D eigenvalue weighted by Crippen LogP contribution is 2.21. The van der Waals surface area contributed by atoms with Gasteiger partial charge in [0.25, 0.3) is 5.56 Å². The van der Waals surface area contributed by atoms with E-state index < -0.39 is 6.10 Å². The molecule has 0 aliphatic rings. The molecule has 0 spiro atoms. The van der Waals surface area contributed by atoms with E-state index in [0.717, 1.165) is 0 Å². The summed E-state index contributed by atoms with van der Waals surface area (Å²) in [4.78, 5) is 23.2. The van der Waals surface area contributed by atoms with E-state index >= 15 is 0 Å². The zero-order chi connectivity index (χ0) is 15.2. The molecule has 1 aromatic heterocycles. The number of pyridine rings is 1. The summed E-state index contributed by atoms with van der Waals surface area (Å²) in [6.07, 6.45) is 0.641. The lowest BCUT2D eigenvalue weighted by Crippen LogP contribution is -2.34. The molecule has 0 bridgehead atoms. The predicted octanol–water partition coefficient (Wildman–Crippen LogP) is 1.35. The molecule has 0 radical (unpaired) electrons.